The maximum absolute atomic E-state index is 12.2. The molecule has 140 valence electrons. The molecule has 1 aliphatic carbocycles. The van der Waals surface area contributed by atoms with Gasteiger partial charge in [0, 0.05) is 35.9 Å². The van der Waals surface area contributed by atoms with Gasteiger partial charge in [-0.2, -0.15) is 0 Å². The van der Waals surface area contributed by atoms with E-state index in [0.29, 0.717) is 11.6 Å². The van der Waals surface area contributed by atoms with Gasteiger partial charge in [-0.05, 0) is 37.5 Å². The molecule has 1 amide bonds. The standard InChI is InChI=1S/C20H32N2O3/c1-5-6-12-25-18-13-17(20(18,3)4)22-16-9-7-8-15(14(16)2)19(24)21-10-11-23/h7-9,17-18,22-23H,5-6,10-13H2,1-4H3,(H,21,24). The van der Waals surface area contributed by atoms with E-state index in [0.717, 1.165) is 37.1 Å². The van der Waals surface area contributed by atoms with Crippen molar-refractivity contribution in [1.82, 2.24) is 5.32 Å². The second-order valence-electron chi connectivity index (χ2n) is 7.42. The predicted octanol–water partition coefficient (Wildman–Crippen LogP) is 3.11. The number of aliphatic hydroxyl groups excluding tert-OH is 1. The summed E-state index contributed by atoms with van der Waals surface area (Å²) in [6.45, 7) is 9.64. The van der Waals surface area contributed by atoms with E-state index in [2.05, 4.69) is 31.4 Å². The van der Waals surface area contributed by atoms with Crippen LogP contribution in [-0.2, 0) is 4.74 Å². The first-order chi connectivity index (χ1) is 11.9. The van der Waals surface area contributed by atoms with Crippen molar-refractivity contribution in [3.8, 4) is 0 Å². The first-order valence-corrected chi connectivity index (χ1v) is 9.28. The molecule has 1 saturated carbocycles. The molecule has 1 aromatic rings. The molecule has 0 aromatic heterocycles. The Bertz CT molecular complexity index is 586. The molecule has 0 bridgehead atoms. The van der Waals surface area contributed by atoms with Gasteiger partial charge in [-0.25, -0.2) is 0 Å². The van der Waals surface area contributed by atoms with Crippen LogP contribution < -0.4 is 10.6 Å². The van der Waals surface area contributed by atoms with Crippen LogP contribution in [-0.4, -0.2) is 42.9 Å². The minimum atomic E-state index is -0.149. The molecule has 2 atom stereocenters. The number of unbranched alkanes of at least 4 members (excludes halogenated alkanes) is 1. The summed E-state index contributed by atoms with van der Waals surface area (Å²) in [6, 6.07) is 6.05. The number of carbonyl (C=O) groups excluding carboxylic acids is 1. The normalized spacial score (nSPS) is 21.5. The summed E-state index contributed by atoms with van der Waals surface area (Å²) in [5.41, 5.74) is 2.63. The van der Waals surface area contributed by atoms with Crippen molar-refractivity contribution >= 4 is 11.6 Å². The van der Waals surface area contributed by atoms with E-state index in [1.807, 2.05) is 25.1 Å². The first-order valence-electron chi connectivity index (χ1n) is 9.28. The Morgan fingerprint density at radius 1 is 1.40 bits per heavy atom. The van der Waals surface area contributed by atoms with Crippen molar-refractivity contribution in [3.05, 3.63) is 29.3 Å². The topological polar surface area (TPSA) is 70.6 Å². The van der Waals surface area contributed by atoms with Gasteiger partial charge in [-0.3, -0.25) is 4.79 Å². The fourth-order valence-electron chi connectivity index (χ4n) is 3.27. The number of hydrogen-bond donors (Lipinski definition) is 3. The second-order valence-corrected chi connectivity index (χ2v) is 7.42. The predicted molar refractivity (Wildman–Crippen MR) is 101 cm³/mol. The molecule has 0 heterocycles. The molecule has 2 rings (SSSR count). The molecule has 1 aromatic carbocycles. The molecule has 5 heteroatoms. The van der Waals surface area contributed by atoms with Crippen LogP contribution in [0.3, 0.4) is 0 Å². The number of nitrogens with one attached hydrogen (secondary N) is 2. The Morgan fingerprint density at radius 2 is 2.16 bits per heavy atom. The lowest BCUT2D eigenvalue weighted by Gasteiger charge is -2.52. The number of rotatable bonds is 9. The van der Waals surface area contributed by atoms with E-state index in [4.69, 9.17) is 9.84 Å². The minimum absolute atomic E-state index is 0.0571. The quantitative estimate of drug-likeness (QED) is 0.600. The molecule has 5 nitrogen and oxygen atoms in total. The molecule has 2 unspecified atom stereocenters. The highest BCUT2D eigenvalue weighted by Crippen LogP contribution is 2.44. The Balaban J connectivity index is 2.00. The number of aliphatic hydroxyl groups is 1. The van der Waals surface area contributed by atoms with Crippen LogP contribution >= 0.6 is 0 Å². The second kappa shape index (κ2) is 8.68. The van der Waals surface area contributed by atoms with Crippen molar-refractivity contribution in [2.24, 2.45) is 5.41 Å². The third kappa shape index (κ3) is 4.53. The van der Waals surface area contributed by atoms with Gasteiger partial charge in [0.15, 0.2) is 0 Å². The van der Waals surface area contributed by atoms with E-state index in [9.17, 15) is 4.79 Å². The van der Waals surface area contributed by atoms with Crippen molar-refractivity contribution in [2.75, 3.05) is 25.1 Å². The molecular formula is C20H32N2O3. The van der Waals surface area contributed by atoms with Crippen LogP contribution in [0.1, 0.15) is 56.0 Å². The largest absolute Gasteiger partial charge is 0.395 e. The lowest BCUT2D eigenvalue weighted by Crippen LogP contribution is -2.58. The van der Waals surface area contributed by atoms with Crippen molar-refractivity contribution < 1.29 is 14.6 Å². The highest BCUT2D eigenvalue weighted by atomic mass is 16.5. The SMILES string of the molecule is CCCCOC1CC(Nc2cccc(C(=O)NCCO)c2C)C1(C)C. The molecule has 0 saturated heterocycles. The zero-order chi connectivity index (χ0) is 18.4. The number of ether oxygens (including phenoxy) is 1. The average molecular weight is 348 g/mol. The van der Waals surface area contributed by atoms with Crippen molar-refractivity contribution in [3.63, 3.8) is 0 Å². The van der Waals surface area contributed by atoms with Crippen molar-refractivity contribution in [2.45, 2.75) is 59.1 Å². The molecule has 25 heavy (non-hydrogen) atoms. The van der Waals surface area contributed by atoms with Crippen molar-refractivity contribution in [1.29, 1.82) is 0 Å². The van der Waals surface area contributed by atoms with E-state index in [1.54, 1.807) is 0 Å². The summed E-state index contributed by atoms with van der Waals surface area (Å²) in [7, 11) is 0. The van der Waals surface area contributed by atoms with Gasteiger partial charge in [0.1, 0.15) is 0 Å². The average Bonchev–Trinajstić information content (AvgIpc) is 2.59. The number of anilines is 1. The van der Waals surface area contributed by atoms with Gasteiger partial charge >= 0.3 is 0 Å². The highest BCUT2D eigenvalue weighted by molar-refractivity contribution is 5.97. The number of benzene rings is 1. The van der Waals surface area contributed by atoms with E-state index >= 15 is 0 Å². The Labute approximate surface area is 151 Å². The third-order valence-corrected chi connectivity index (χ3v) is 5.30. The molecule has 0 spiro atoms. The monoisotopic (exact) mass is 348 g/mol. The van der Waals surface area contributed by atoms with Crippen LogP contribution in [0.25, 0.3) is 0 Å². The van der Waals surface area contributed by atoms with E-state index in [-0.39, 0.29) is 30.6 Å². The lowest BCUT2D eigenvalue weighted by molar-refractivity contribution is -0.102. The van der Waals surface area contributed by atoms with E-state index < -0.39 is 0 Å². The minimum Gasteiger partial charge on any atom is -0.395 e. The number of hydrogen-bond acceptors (Lipinski definition) is 4. The van der Waals surface area contributed by atoms with Crippen LogP contribution in [0, 0.1) is 12.3 Å². The fourth-order valence-corrected chi connectivity index (χ4v) is 3.27. The highest BCUT2D eigenvalue weighted by Gasteiger charge is 2.49. The zero-order valence-corrected chi connectivity index (χ0v) is 15.9. The van der Waals surface area contributed by atoms with Gasteiger partial charge in [-0.1, -0.05) is 33.3 Å². The van der Waals surface area contributed by atoms with Gasteiger partial charge in [0.25, 0.3) is 5.91 Å². The van der Waals surface area contributed by atoms with Gasteiger partial charge in [0.2, 0.25) is 0 Å². The Hall–Kier alpha value is -1.59. The maximum Gasteiger partial charge on any atom is 0.251 e. The van der Waals surface area contributed by atoms with Crippen LogP contribution in [0.4, 0.5) is 5.69 Å². The maximum atomic E-state index is 12.2. The van der Waals surface area contributed by atoms with Crippen LogP contribution in [0.15, 0.2) is 18.2 Å². The summed E-state index contributed by atoms with van der Waals surface area (Å²) < 4.78 is 6.01. The van der Waals surface area contributed by atoms with Gasteiger partial charge in [0.05, 0.1) is 12.7 Å². The Morgan fingerprint density at radius 3 is 2.80 bits per heavy atom. The summed E-state index contributed by atoms with van der Waals surface area (Å²) in [6.07, 6.45) is 3.53. The molecule has 1 fully saturated rings. The summed E-state index contributed by atoms with van der Waals surface area (Å²) in [4.78, 5) is 12.2. The van der Waals surface area contributed by atoms with Crippen LogP contribution in [0.2, 0.25) is 0 Å². The summed E-state index contributed by atoms with van der Waals surface area (Å²) >= 11 is 0. The Kier molecular flexibility index (Phi) is 6.85. The summed E-state index contributed by atoms with van der Waals surface area (Å²) in [5.74, 6) is -0.149. The number of carbonyl (C=O) groups is 1. The molecule has 0 aliphatic heterocycles. The van der Waals surface area contributed by atoms with Gasteiger partial charge < -0.3 is 20.5 Å². The van der Waals surface area contributed by atoms with Crippen LogP contribution in [0.5, 0.6) is 0 Å². The first kappa shape index (κ1) is 19.7. The zero-order valence-electron chi connectivity index (χ0n) is 15.9. The molecule has 0 radical (unpaired) electrons. The third-order valence-electron chi connectivity index (χ3n) is 5.30. The van der Waals surface area contributed by atoms with E-state index in [1.165, 1.54) is 0 Å². The molecule has 3 N–H and O–H groups in total. The fraction of sp³-hybridized carbons (Fsp3) is 0.650. The molecule has 1 aliphatic rings. The lowest BCUT2D eigenvalue weighted by atomic mass is 9.64. The molecular weight excluding hydrogens is 316 g/mol. The van der Waals surface area contributed by atoms with Gasteiger partial charge in [-0.15, -0.1) is 0 Å². The number of amides is 1. The smallest absolute Gasteiger partial charge is 0.251 e. The summed E-state index contributed by atoms with van der Waals surface area (Å²) in [5, 5.41) is 15.2.